The van der Waals surface area contributed by atoms with Gasteiger partial charge in [0.25, 0.3) is 0 Å². The lowest BCUT2D eigenvalue weighted by Gasteiger charge is -2.35. The third-order valence-electron chi connectivity index (χ3n) is 4.43. The van der Waals surface area contributed by atoms with E-state index in [0.29, 0.717) is 5.69 Å². The predicted octanol–water partition coefficient (Wildman–Crippen LogP) is 2.56. The normalized spacial score (nSPS) is 15.5. The van der Waals surface area contributed by atoms with E-state index in [1.807, 2.05) is 11.1 Å². The Morgan fingerprint density at radius 3 is 2.46 bits per heavy atom. The molecule has 7 nitrogen and oxygen atoms in total. The minimum Gasteiger partial charge on any atom is -0.406 e. The molecule has 10 heteroatoms. The second-order valence-electron chi connectivity index (χ2n) is 6.40. The first-order valence-electron chi connectivity index (χ1n) is 8.98. The standard InChI is InChI=1S/C18H22F3N5O2/c1-2-25-8-7-22-17(25)26-11-9-24(10-12-26)13-16(27)23-14-3-5-15(6-4-14)28-18(19,20)21/h3-8H,2,9-13H2,1H3,(H,23,27). The molecule has 28 heavy (non-hydrogen) atoms. The maximum Gasteiger partial charge on any atom is 0.573 e. The van der Waals surface area contributed by atoms with Crippen molar-refractivity contribution in [2.45, 2.75) is 19.8 Å². The van der Waals surface area contributed by atoms with Crippen LogP contribution < -0.4 is 15.0 Å². The van der Waals surface area contributed by atoms with E-state index in [2.05, 4.69) is 31.4 Å². The first-order chi connectivity index (χ1) is 13.3. The fraction of sp³-hybridized carbons (Fsp3) is 0.444. The molecule has 1 saturated heterocycles. The van der Waals surface area contributed by atoms with Crippen LogP contribution in [-0.4, -0.2) is 59.4 Å². The van der Waals surface area contributed by atoms with Gasteiger partial charge in [-0.3, -0.25) is 9.69 Å². The van der Waals surface area contributed by atoms with Gasteiger partial charge >= 0.3 is 6.36 Å². The third kappa shape index (κ3) is 5.38. The number of hydrogen-bond acceptors (Lipinski definition) is 5. The Kier molecular flexibility index (Phi) is 6.08. The molecule has 1 amide bonds. The molecule has 152 valence electrons. The first-order valence-corrected chi connectivity index (χ1v) is 8.98. The lowest BCUT2D eigenvalue weighted by atomic mass is 10.3. The summed E-state index contributed by atoms with van der Waals surface area (Å²) in [7, 11) is 0. The van der Waals surface area contributed by atoms with E-state index < -0.39 is 6.36 Å². The number of carbonyl (C=O) groups is 1. The van der Waals surface area contributed by atoms with Crippen molar-refractivity contribution in [3.63, 3.8) is 0 Å². The van der Waals surface area contributed by atoms with Crippen molar-refractivity contribution in [3.8, 4) is 5.75 Å². The van der Waals surface area contributed by atoms with Gasteiger partial charge in [0.05, 0.1) is 6.54 Å². The fourth-order valence-electron chi connectivity index (χ4n) is 3.08. The number of carbonyl (C=O) groups excluding carboxylic acids is 1. The smallest absolute Gasteiger partial charge is 0.406 e. The summed E-state index contributed by atoms with van der Waals surface area (Å²) < 4.78 is 42.4. The van der Waals surface area contributed by atoms with Crippen molar-refractivity contribution in [1.29, 1.82) is 0 Å². The molecule has 1 aromatic heterocycles. The van der Waals surface area contributed by atoms with Gasteiger partial charge in [0, 0.05) is 50.8 Å². The van der Waals surface area contributed by atoms with Crippen molar-refractivity contribution >= 4 is 17.5 Å². The van der Waals surface area contributed by atoms with Gasteiger partial charge in [-0.1, -0.05) is 0 Å². The predicted molar refractivity (Wildman–Crippen MR) is 98.3 cm³/mol. The zero-order valence-corrected chi connectivity index (χ0v) is 15.4. The van der Waals surface area contributed by atoms with Crippen molar-refractivity contribution in [2.75, 3.05) is 42.9 Å². The lowest BCUT2D eigenvalue weighted by molar-refractivity contribution is -0.274. The Hall–Kier alpha value is -2.75. The number of alkyl halides is 3. The average molecular weight is 397 g/mol. The van der Waals surface area contributed by atoms with Gasteiger partial charge in [0.1, 0.15) is 5.75 Å². The van der Waals surface area contributed by atoms with Crippen molar-refractivity contribution in [2.24, 2.45) is 0 Å². The van der Waals surface area contributed by atoms with E-state index in [1.165, 1.54) is 12.1 Å². The molecule has 1 aliphatic heterocycles. The molecule has 0 radical (unpaired) electrons. The van der Waals surface area contributed by atoms with E-state index in [1.54, 1.807) is 6.20 Å². The molecule has 0 unspecified atom stereocenters. The molecular weight excluding hydrogens is 375 g/mol. The molecule has 0 spiro atoms. The second-order valence-corrected chi connectivity index (χ2v) is 6.40. The van der Waals surface area contributed by atoms with E-state index >= 15 is 0 Å². The van der Waals surface area contributed by atoms with Gasteiger partial charge in [-0.15, -0.1) is 13.2 Å². The van der Waals surface area contributed by atoms with E-state index in [-0.39, 0.29) is 18.2 Å². The van der Waals surface area contributed by atoms with Crippen LogP contribution in [0.5, 0.6) is 5.75 Å². The summed E-state index contributed by atoms with van der Waals surface area (Å²) in [5.74, 6) is 0.396. The van der Waals surface area contributed by atoms with Crippen LogP contribution in [0.2, 0.25) is 0 Å². The number of aromatic nitrogens is 2. The molecule has 3 rings (SSSR count). The van der Waals surface area contributed by atoms with Gasteiger partial charge in [-0.25, -0.2) is 4.98 Å². The number of benzene rings is 1. The van der Waals surface area contributed by atoms with Crippen LogP contribution in [0, 0.1) is 0 Å². The minimum atomic E-state index is -4.73. The summed E-state index contributed by atoms with van der Waals surface area (Å²) in [6, 6.07) is 5.08. The molecule has 1 aromatic carbocycles. The quantitative estimate of drug-likeness (QED) is 0.812. The Morgan fingerprint density at radius 1 is 1.18 bits per heavy atom. The fourth-order valence-corrected chi connectivity index (χ4v) is 3.08. The SMILES string of the molecule is CCn1ccnc1N1CCN(CC(=O)Nc2ccc(OC(F)(F)F)cc2)CC1. The molecule has 0 atom stereocenters. The molecule has 2 aromatic rings. The van der Waals surface area contributed by atoms with Crippen LogP contribution in [0.25, 0.3) is 0 Å². The van der Waals surface area contributed by atoms with Gasteiger partial charge in [0.15, 0.2) is 0 Å². The van der Waals surface area contributed by atoms with Gasteiger partial charge < -0.3 is 19.5 Å². The van der Waals surface area contributed by atoms with Gasteiger partial charge in [-0.05, 0) is 31.2 Å². The number of aryl methyl sites for hydroxylation is 1. The molecular formula is C18H22F3N5O2. The molecule has 1 N–H and O–H groups in total. The number of anilines is 2. The number of nitrogens with one attached hydrogen (secondary N) is 1. The monoisotopic (exact) mass is 397 g/mol. The summed E-state index contributed by atoms with van der Waals surface area (Å²) >= 11 is 0. The van der Waals surface area contributed by atoms with Crippen molar-refractivity contribution in [1.82, 2.24) is 14.5 Å². The molecule has 1 fully saturated rings. The van der Waals surface area contributed by atoms with Gasteiger partial charge in [0.2, 0.25) is 11.9 Å². The van der Waals surface area contributed by atoms with E-state index in [0.717, 1.165) is 50.8 Å². The number of imidazole rings is 1. The van der Waals surface area contributed by atoms with Crippen LogP contribution in [0.15, 0.2) is 36.7 Å². The van der Waals surface area contributed by atoms with Gasteiger partial charge in [-0.2, -0.15) is 0 Å². The molecule has 0 aliphatic carbocycles. The summed E-state index contributed by atoms with van der Waals surface area (Å²) in [6.07, 6.45) is -1.01. The lowest BCUT2D eigenvalue weighted by Crippen LogP contribution is -2.49. The highest BCUT2D eigenvalue weighted by Gasteiger charge is 2.31. The number of piperazine rings is 1. The number of hydrogen-bond donors (Lipinski definition) is 1. The second kappa shape index (κ2) is 8.51. The van der Waals surface area contributed by atoms with Crippen LogP contribution in [-0.2, 0) is 11.3 Å². The molecule has 0 saturated carbocycles. The average Bonchev–Trinajstić information content (AvgIpc) is 3.11. The molecule has 0 bridgehead atoms. The summed E-state index contributed by atoms with van der Waals surface area (Å²) in [4.78, 5) is 20.8. The zero-order chi connectivity index (χ0) is 20.1. The van der Waals surface area contributed by atoms with Crippen molar-refractivity contribution in [3.05, 3.63) is 36.7 Å². The highest BCUT2D eigenvalue weighted by Crippen LogP contribution is 2.24. The highest BCUT2D eigenvalue weighted by atomic mass is 19.4. The van der Waals surface area contributed by atoms with Crippen LogP contribution in [0.4, 0.5) is 24.8 Å². The maximum atomic E-state index is 12.2. The minimum absolute atomic E-state index is 0.215. The number of ether oxygens (including phenoxy) is 1. The third-order valence-corrected chi connectivity index (χ3v) is 4.43. The highest BCUT2D eigenvalue weighted by molar-refractivity contribution is 5.92. The Morgan fingerprint density at radius 2 is 1.86 bits per heavy atom. The topological polar surface area (TPSA) is 62.6 Å². The number of nitrogens with zero attached hydrogens (tertiary/aromatic N) is 4. The van der Waals surface area contributed by atoms with Crippen LogP contribution >= 0.6 is 0 Å². The van der Waals surface area contributed by atoms with E-state index in [4.69, 9.17) is 0 Å². The molecule has 1 aliphatic rings. The first kappa shape index (κ1) is 20.0. The number of rotatable bonds is 6. The van der Waals surface area contributed by atoms with Crippen LogP contribution in [0.3, 0.4) is 0 Å². The number of halogens is 3. The van der Waals surface area contributed by atoms with E-state index in [9.17, 15) is 18.0 Å². The summed E-state index contributed by atoms with van der Waals surface area (Å²) in [6.45, 7) is 6.13. The molecule has 2 heterocycles. The van der Waals surface area contributed by atoms with Crippen molar-refractivity contribution < 1.29 is 22.7 Å². The number of amides is 1. The Bertz CT molecular complexity index is 783. The Balaban J connectivity index is 1.46. The maximum absolute atomic E-state index is 12.2. The zero-order valence-electron chi connectivity index (χ0n) is 15.4. The summed E-state index contributed by atoms with van der Waals surface area (Å²) in [5, 5.41) is 2.69. The van der Waals surface area contributed by atoms with Crippen LogP contribution in [0.1, 0.15) is 6.92 Å². The summed E-state index contributed by atoms with van der Waals surface area (Å²) in [5.41, 5.74) is 0.420. The Labute approximate surface area is 160 Å². The largest absolute Gasteiger partial charge is 0.573 e.